The normalized spacial score (nSPS) is 18.5. The lowest BCUT2D eigenvalue weighted by Gasteiger charge is -2.32. The van der Waals surface area contributed by atoms with Gasteiger partial charge in [-0.1, -0.05) is 24.6 Å². The average molecular weight is 453 g/mol. The van der Waals surface area contributed by atoms with E-state index in [9.17, 15) is 14.0 Å². The Labute approximate surface area is 189 Å². The zero-order valence-electron chi connectivity index (χ0n) is 17.5. The van der Waals surface area contributed by atoms with Crippen LogP contribution in [0.25, 0.3) is 16.6 Å². The molecule has 2 aliphatic rings. The van der Waals surface area contributed by atoms with Crippen molar-refractivity contribution in [2.45, 2.75) is 25.8 Å². The Kier molecular flexibility index (Phi) is 5.21. The van der Waals surface area contributed by atoms with Crippen LogP contribution in [-0.2, 0) is 4.79 Å². The maximum atomic E-state index is 13.4. The van der Waals surface area contributed by atoms with Crippen molar-refractivity contribution in [3.05, 3.63) is 64.6 Å². The summed E-state index contributed by atoms with van der Waals surface area (Å²) in [5.74, 6) is -0.0106. The molecule has 0 spiro atoms. The van der Waals surface area contributed by atoms with Crippen LogP contribution >= 0.6 is 11.6 Å². The minimum absolute atomic E-state index is 0.0471. The predicted octanol–water partition coefficient (Wildman–Crippen LogP) is 4.66. The van der Waals surface area contributed by atoms with E-state index >= 15 is 0 Å². The first-order chi connectivity index (χ1) is 15.5. The third-order valence-corrected chi connectivity index (χ3v) is 6.46. The largest absolute Gasteiger partial charge is 0.346 e. The molecule has 5 rings (SSSR count). The van der Waals surface area contributed by atoms with E-state index in [-0.39, 0.29) is 22.9 Å². The van der Waals surface area contributed by atoms with Crippen LogP contribution in [0.3, 0.4) is 0 Å². The van der Waals surface area contributed by atoms with Gasteiger partial charge >= 0.3 is 0 Å². The minimum atomic E-state index is -0.472. The zero-order chi connectivity index (χ0) is 22.4. The van der Waals surface area contributed by atoms with Gasteiger partial charge < -0.3 is 9.88 Å². The fourth-order valence-electron chi connectivity index (χ4n) is 4.36. The summed E-state index contributed by atoms with van der Waals surface area (Å²) in [5.41, 5.74) is 3.14. The maximum Gasteiger partial charge on any atom is 0.255 e. The number of nitrogens with zero attached hydrogens (tertiary/aromatic N) is 3. The lowest BCUT2D eigenvalue weighted by molar-refractivity contribution is -0.107. The molecule has 1 atom stereocenters. The Morgan fingerprint density at radius 2 is 2.12 bits per heavy atom. The Morgan fingerprint density at radius 3 is 2.81 bits per heavy atom. The van der Waals surface area contributed by atoms with E-state index in [1.54, 1.807) is 9.80 Å². The van der Waals surface area contributed by atoms with Gasteiger partial charge in [0.2, 0.25) is 6.41 Å². The first-order valence-electron chi connectivity index (χ1n) is 10.6. The smallest absolute Gasteiger partial charge is 0.255 e. The molecule has 0 bridgehead atoms. The summed E-state index contributed by atoms with van der Waals surface area (Å²) in [4.78, 5) is 35.9. The molecular weight excluding hydrogens is 431 g/mol. The summed E-state index contributed by atoms with van der Waals surface area (Å²) in [5, 5.41) is 1.09. The van der Waals surface area contributed by atoms with E-state index in [0.717, 1.165) is 47.5 Å². The quantitative estimate of drug-likeness (QED) is 0.572. The van der Waals surface area contributed by atoms with E-state index in [2.05, 4.69) is 16.9 Å². The molecule has 164 valence electrons. The van der Waals surface area contributed by atoms with Crippen molar-refractivity contribution in [3.63, 3.8) is 0 Å². The second kappa shape index (κ2) is 8.06. The van der Waals surface area contributed by atoms with E-state index < -0.39 is 5.82 Å². The molecule has 2 amide bonds. The molecule has 2 aromatic heterocycles. The number of aromatic nitrogens is 2. The number of nitrogens with one attached hydrogen (secondary N) is 1. The van der Waals surface area contributed by atoms with Crippen molar-refractivity contribution in [2.75, 3.05) is 18.0 Å². The fourth-order valence-corrected chi connectivity index (χ4v) is 4.61. The lowest BCUT2D eigenvalue weighted by atomic mass is 9.89. The molecule has 1 aliphatic carbocycles. The van der Waals surface area contributed by atoms with Gasteiger partial charge in [-0.15, -0.1) is 0 Å². The molecule has 0 radical (unpaired) electrons. The molecule has 3 aromatic rings. The highest BCUT2D eigenvalue weighted by atomic mass is 35.5. The van der Waals surface area contributed by atoms with Crippen molar-refractivity contribution in [1.82, 2.24) is 14.9 Å². The summed E-state index contributed by atoms with van der Waals surface area (Å²) >= 11 is 6.10. The minimum Gasteiger partial charge on any atom is -0.346 e. The van der Waals surface area contributed by atoms with Gasteiger partial charge in [-0.2, -0.15) is 0 Å². The number of rotatable bonds is 5. The van der Waals surface area contributed by atoms with Crippen molar-refractivity contribution in [1.29, 1.82) is 0 Å². The maximum absolute atomic E-state index is 13.4. The molecule has 32 heavy (non-hydrogen) atoms. The molecule has 1 fully saturated rings. The van der Waals surface area contributed by atoms with Gasteiger partial charge in [0.25, 0.3) is 5.91 Å². The molecule has 1 unspecified atom stereocenters. The number of H-pyrrole nitrogens is 1. The number of halogens is 2. The topological polar surface area (TPSA) is 69.3 Å². The standard InChI is InChI=1S/C24H22ClFN4O2/c1-14-12-29(24(32)19-5-2-15(26)10-21(19)25)9-7-17(14)20-11-22(30(13-31)16-3-4-16)28-23-18(20)6-8-27-23/h2,5-8,10-11,13-14,16H,3-4,9,12H2,1H3,(H,27,28). The monoisotopic (exact) mass is 452 g/mol. The second-order valence-corrected chi connectivity index (χ2v) is 8.81. The van der Waals surface area contributed by atoms with E-state index in [0.29, 0.717) is 24.5 Å². The number of anilines is 1. The van der Waals surface area contributed by atoms with Gasteiger partial charge in [-0.3, -0.25) is 14.5 Å². The van der Waals surface area contributed by atoms with Crippen molar-refractivity contribution in [3.8, 4) is 0 Å². The fraction of sp³-hybridized carbons (Fsp3) is 0.292. The molecule has 0 saturated heterocycles. The van der Waals surface area contributed by atoms with Gasteiger partial charge in [0, 0.05) is 30.7 Å². The van der Waals surface area contributed by atoms with Crippen molar-refractivity contribution < 1.29 is 14.0 Å². The number of carbonyl (C=O) groups excluding carboxylic acids is 2. The first kappa shape index (κ1) is 20.7. The third kappa shape index (κ3) is 3.66. The average Bonchev–Trinajstić information content (AvgIpc) is 3.49. The van der Waals surface area contributed by atoms with Crippen LogP contribution < -0.4 is 4.90 Å². The molecule has 1 N–H and O–H groups in total. The number of fused-ring (bicyclic) bond motifs is 1. The SMILES string of the molecule is CC1CN(C(=O)c2ccc(F)cc2Cl)CC=C1c1cc(N(C=O)C2CC2)nc2[nH]ccc12. The number of carbonyl (C=O) groups is 2. The molecular formula is C24H22ClFN4O2. The van der Waals surface area contributed by atoms with Crippen molar-refractivity contribution >= 4 is 46.3 Å². The van der Waals surface area contributed by atoms with Gasteiger partial charge in [0.15, 0.2) is 0 Å². The van der Waals surface area contributed by atoms with Crippen LogP contribution in [0, 0.1) is 11.7 Å². The first-order valence-corrected chi connectivity index (χ1v) is 11.0. The van der Waals surface area contributed by atoms with Gasteiger partial charge in [-0.05, 0) is 60.2 Å². The number of hydrogen-bond acceptors (Lipinski definition) is 3. The number of amides is 2. The Bertz CT molecular complexity index is 1250. The van der Waals surface area contributed by atoms with E-state index in [1.165, 1.54) is 12.1 Å². The lowest BCUT2D eigenvalue weighted by Crippen LogP contribution is -2.38. The van der Waals surface area contributed by atoms with Crippen LogP contribution in [0.4, 0.5) is 10.2 Å². The van der Waals surface area contributed by atoms with Gasteiger partial charge in [0.1, 0.15) is 17.3 Å². The summed E-state index contributed by atoms with van der Waals surface area (Å²) < 4.78 is 13.4. The molecule has 1 saturated carbocycles. The highest BCUT2D eigenvalue weighted by Gasteiger charge is 2.32. The highest BCUT2D eigenvalue weighted by Crippen LogP contribution is 2.37. The Hall–Kier alpha value is -3.19. The molecule has 8 heteroatoms. The molecule has 1 aliphatic heterocycles. The van der Waals surface area contributed by atoms with Crippen LogP contribution in [-0.4, -0.2) is 46.3 Å². The highest BCUT2D eigenvalue weighted by molar-refractivity contribution is 6.33. The van der Waals surface area contributed by atoms with Crippen LogP contribution in [0.1, 0.15) is 35.7 Å². The summed E-state index contributed by atoms with van der Waals surface area (Å²) in [7, 11) is 0. The second-order valence-electron chi connectivity index (χ2n) is 8.41. The van der Waals surface area contributed by atoms with Crippen LogP contribution in [0.2, 0.25) is 5.02 Å². The summed E-state index contributed by atoms with van der Waals surface area (Å²) in [6.07, 6.45) is 6.70. The number of hydrogen-bond donors (Lipinski definition) is 1. The number of aromatic amines is 1. The molecule has 6 nitrogen and oxygen atoms in total. The van der Waals surface area contributed by atoms with Gasteiger partial charge in [-0.25, -0.2) is 9.37 Å². The summed E-state index contributed by atoms with van der Waals surface area (Å²) in [6.45, 7) is 2.98. The van der Waals surface area contributed by atoms with Crippen LogP contribution in [0.5, 0.6) is 0 Å². The summed E-state index contributed by atoms with van der Waals surface area (Å²) in [6, 6.07) is 7.99. The van der Waals surface area contributed by atoms with Crippen molar-refractivity contribution in [2.24, 2.45) is 5.92 Å². The van der Waals surface area contributed by atoms with Gasteiger partial charge in [0.05, 0.1) is 10.6 Å². The zero-order valence-corrected chi connectivity index (χ0v) is 18.3. The number of benzene rings is 1. The van der Waals surface area contributed by atoms with Crippen LogP contribution in [0.15, 0.2) is 42.6 Å². The Balaban J connectivity index is 1.48. The van der Waals surface area contributed by atoms with E-state index in [4.69, 9.17) is 11.6 Å². The predicted molar refractivity (Wildman–Crippen MR) is 122 cm³/mol. The molecule has 3 heterocycles. The Morgan fingerprint density at radius 1 is 1.31 bits per heavy atom. The molecule has 1 aromatic carbocycles. The third-order valence-electron chi connectivity index (χ3n) is 6.15. The number of pyridine rings is 1. The van der Waals surface area contributed by atoms with E-state index in [1.807, 2.05) is 24.4 Å².